The van der Waals surface area contributed by atoms with Crippen LogP contribution in [0.2, 0.25) is 0 Å². The number of benzene rings is 1. The molecular weight excluding hydrogens is 514 g/mol. The van der Waals surface area contributed by atoms with Gasteiger partial charge in [-0.3, -0.25) is 9.52 Å². The molecule has 1 aromatic heterocycles. The van der Waals surface area contributed by atoms with Gasteiger partial charge in [-0.15, -0.1) is 0 Å². The van der Waals surface area contributed by atoms with Crippen molar-refractivity contribution in [1.29, 1.82) is 0 Å². The summed E-state index contributed by atoms with van der Waals surface area (Å²) in [5.74, 6) is -2.83. The van der Waals surface area contributed by atoms with E-state index in [1.165, 1.54) is 17.7 Å². The number of anilines is 4. The summed E-state index contributed by atoms with van der Waals surface area (Å²) < 4.78 is 53.9. The summed E-state index contributed by atoms with van der Waals surface area (Å²) in [5.41, 5.74) is 2.37. The molecule has 9 nitrogen and oxygen atoms in total. The summed E-state index contributed by atoms with van der Waals surface area (Å²) >= 11 is 0. The first-order valence-electron chi connectivity index (χ1n) is 12.9. The monoisotopic (exact) mass is 548 g/mol. The number of hydrogen-bond donors (Lipinski definition) is 2. The summed E-state index contributed by atoms with van der Waals surface area (Å²) in [6, 6.07) is 6.48. The Bertz CT molecular complexity index is 1350. The highest BCUT2D eigenvalue weighted by molar-refractivity contribution is 7.94. The van der Waals surface area contributed by atoms with Crippen molar-refractivity contribution in [3.8, 4) is 0 Å². The first-order valence-corrected chi connectivity index (χ1v) is 14.4. The molecule has 0 unspecified atom stereocenters. The highest BCUT2D eigenvalue weighted by Crippen LogP contribution is 2.54. The van der Waals surface area contributed by atoms with Crippen molar-refractivity contribution in [2.45, 2.75) is 64.0 Å². The van der Waals surface area contributed by atoms with Gasteiger partial charge in [-0.2, -0.15) is 4.98 Å². The molecule has 1 saturated carbocycles. The third kappa shape index (κ3) is 5.41. The number of carbonyl (C=O) groups excluding carboxylic acids is 1. The predicted octanol–water partition coefficient (Wildman–Crippen LogP) is 4.41. The fourth-order valence-electron chi connectivity index (χ4n) is 4.85. The van der Waals surface area contributed by atoms with E-state index >= 15 is 0 Å². The molecule has 2 aliphatic heterocycles. The molecule has 3 fully saturated rings. The minimum atomic E-state index is -3.66. The van der Waals surface area contributed by atoms with E-state index < -0.39 is 39.7 Å². The van der Waals surface area contributed by atoms with Crippen LogP contribution in [0, 0.1) is 12.3 Å². The first kappa shape index (κ1) is 26.6. The van der Waals surface area contributed by atoms with E-state index in [1.807, 2.05) is 0 Å². The van der Waals surface area contributed by atoms with Crippen LogP contribution in [-0.2, 0) is 10.0 Å². The Labute approximate surface area is 222 Å². The Morgan fingerprint density at radius 1 is 1.00 bits per heavy atom. The highest BCUT2D eigenvalue weighted by atomic mass is 32.2. The number of nitrogens with zero attached hydrogens (tertiary/aromatic N) is 4. The standard InChI is InChI=1S/C26H34F2N6O3S/c1-17-13-21(31-23(29-17)34-15-26(27,28)16-34)30-22(35)19-6-5-18(32-38(36,37)24(2,3)4)14-20(19)33-11-9-25(7-8-25)10-12-33/h5-6,13-14,32H,7-12,15-16H2,1-4H3,(H,29,30,31,35). The summed E-state index contributed by atoms with van der Waals surface area (Å²) in [7, 11) is -3.66. The van der Waals surface area contributed by atoms with Crippen molar-refractivity contribution in [2.75, 3.05) is 46.0 Å². The number of aryl methyl sites for hydroxylation is 1. The normalized spacial score (nSPS) is 20.2. The lowest BCUT2D eigenvalue weighted by molar-refractivity contribution is -0.0271. The number of nitrogens with one attached hydrogen (secondary N) is 2. The van der Waals surface area contributed by atoms with E-state index in [1.54, 1.807) is 52.0 Å². The van der Waals surface area contributed by atoms with Gasteiger partial charge in [-0.05, 0) is 77.0 Å². The molecule has 5 rings (SSSR count). The van der Waals surface area contributed by atoms with Crippen LogP contribution in [0.15, 0.2) is 24.3 Å². The molecule has 3 aliphatic rings. The zero-order chi connectivity index (χ0) is 27.5. The van der Waals surface area contributed by atoms with Gasteiger partial charge in [0.05, 0.1) is 34.8 Å². The molecule has 3 heterocycles. The van der Waals surface area contributed by atoms with Crippen molar-refractivity contribution in [3.05, 3.63) is 35.5 Å². The fourth-order valence-corrected chi connectivity index (χ4v) is 5.59. The van der Waals surface area contributed by atoms with Crippen LogP contribution >= 0.6 is 0 Å². The van der Waals surface area contributed by atoms with Crippen molar-refractivity contribution < 1.29 is 22.0 Å². The van der Waals surface area contributed by atoms with E-state index in [0.29, 0.717) is 28.0 Å². The van der Waals surface area contributed by atoms with Crippen LogP contribution in [-0.4, -0.2) is 61.1 Å². The largest absolute Gasteiger partial charge is 0.371 e. The molecule has 12 heteroatoms. The van der Waals surface area contributed by atoms with Crippen molar-refractivity contribution in [3.63, 3.8) is 0 Å². The number of alkyl halides is 2. The highest BCUT2D eigenvalue weighted by Gasteiger charge is 2.46. The summed E-state index contributed by atoms with van der Waals surface area (Å²) in [6.07, 6.45) is 4.53. The van der Waals surface area contributed by atoms with E-state index in [4.69, 9.17) is 0 Å². The number of aromatic nitrogens is 2. The maximum atomic E-state index is 13.5. The van der Waals surface area contributed by atoms with Crippen LogP contribution in [0.1, 0.15) is 62.5 Å². The Kier molecular flexibility index (Phi) is 6.32. The topological polar surface area (TPSA) is 108 Å². The second-order valence-electron chi connectivity index (χ2n) is 11.8. The van der Waals surface area contributed by atoms with Crippen LogP contribution in [0.3, 0.4) is 0 Å². The van der Waals surface area contributed by atoms with Crippen molar-refractivity contribution >= 4 is 39.1 Å². The van der Waals surface area contributed by atoms with Crippen molar-refractivity contribution in [1.82, 2.24) is 9.97 Å². The van der Waals surface area contributed by atoms with Crippen LogP contribution in [0.5, 0.6) is 0 Å². The first-order chi connectivity index (χ1) is 17.7. The molecule has 38 heavy (non-hydrogen) atoms. The number of amides is 1. The van der Waals surface area contributed by atoms with Gasteiger partial charge in [0.2, 0.25) is 16.0 Å². The molecule has 1 aromatic carbocycles. The van der Waals surface area contributed by atoms with Gasteiger partial charge in [-0.25, -0.2) is 22.2 Å². The third-order valence-corrected chi connectivity index (χ3v) is 9.75. The molecule has 1 spiro atoms. The van der Waals surface area contributed by atoms with Gasteiger partial charge in [0.1, 0.15) is 5.82 Å². The van der Waals surface area contributed by atoms with E-state index in [-0.39, 0.29) is 11.8 Å². The van der Waals surface area contributed by atoms with E-state index in [9.17, 15) is 22.0 Å². The molecule has 206 valence electrons. The van der Waals surface area contributed by atoms with Gasteiger partial charge >= 0.3 is 0 Å². The molecule has 2 N–H and O–H groups in total. The van der Waals surface area contributed by atoms with Gasteiger partial charge in [0.25, 0.3) is 11.8 Å². The zero-order valence-corrected chi connectivity index (χ0v) is 23.0. The van der Waals surface area contributed by atoms with Crippen LogP contribution < -0.4 is 19.8 Å². The van der Waals surface area contributed by atoms with Gasteiger partial charge in [0, 0.05) is 24.8 Å². The lowest BCUT2D eigenvalue weighted by Crippen LogP contribution is -2.57. The second kappa shape index (κ2) is 9.03. The maximum Gasteiger partial charge on any atom is 0.282 e. The van der Waals surface area contributed by atoms with Gasteiger partial charge < -0.3 is 15.1 Å². The average molecular weight is 549 g/mol. The predicted molar refractivity (Wildman–Crippen MR) is 144 cm³/mol. The number of piperidine rings is 1. The molecule has 0 radical (unpaired) electrons. The average Bonchev–Trinajstić information content (AvgIpc) is 3.55. The number of hydrogen-bond acceptors (Lipinski definition) is 7. The number of sulfonamides is 1. The molecule has 2 aromatic rings. The Balaban J connectivity index is 1.42. The molecule has 1 aliphatic carbocycles. The van der Waals surface area contributed by atoms with E-state index in [2.05, 4.69) is 24.9 Å². The third-order valence-electron chi connectivity index (χ3n) is 7.63. The Morgan fingerprint density at radius 3 is 2.24 bits per heavy atom. The van der Waals surface area contributed by atoms with Crippen LogP contribution in [0.4, 0.5) is 31.9 Å². The lowest BCUT2D eigenvalue weighted by atomic mass is 9.93. The quantitative estimate of drug-likeness (QED) is 0.551. The number of halogens is 2. The molecule has 0 atom stereocenters. The van der Waals surface area contributed by atoms with Crippen LogP contribution in [0.25, 0.3) is 0 Å². The Morgan fingerprint density at radius 2 is 1.66 bits per heavy atom. The molecular formula is C26H34F2N6O3S. The summed E-state index contributed by atoms with van der Waals surface area (Å²) in [5, 5.41) is 2.79. The molecule has 2 saturated heterocycles. The van der Waals surface area contributed by atoms with Gasteiger partial charge in [-0.1, -0.05) is 0 Å². The van der Waals surface area contributed by atoms with Gasteiger partial charge in [0.15, 0.2) is 0 Å². The molecule has 1 amide bonds. The Hall–Kier alpha value is -3.02. The smallest absolute Gasteiger partial charge is 0.282 e. The van der Waals surface area contributed by atoms with E-state index in [0.717, 1.165) is 25.9 Å². The number of rotatable bonds is 6. The fraction of sp³-hybridized carbons (Fsp3) is 0.577. The van der Waals surface area contributed by atoms with Crippen molar-refractivity contribution in [2.24, 2.45) is 5.41 Å². The summed E-state index contributed by atoms with van der Waals surface area (Å²) in [4.78, 5) is 25.5. The number of carbonyl (C=O) groups is 1. The zero-order valence-electron chi connectivity index (χ0n) is 22.1. The SMILES string of the molecule is Cc1cc(NC(=O)c2ccc(NS(=O)(=O)C(C)(C)C)cc2N2CCC3(CC2)CC3)nc(N2CC(F)(F)C2)n1. The lowest BCUT2D eigenvalue weighted by Gasteiger charge is -2.38. The maximum absolute atomic E-state index is 13.5. The minimum Gasteiger partial charge on any atom is -0.371 e. The summed E-state index contributed by atoms with van der Waals surface area (Å²) in [6.45, 7) is 7.20. The minimum absolute atomic E-state index is 0.143. The second-order valence-corrected chi connectivity index (χ2v) is 14.2. The molecule has 0 bridgehead atoms.